The van der Waals surface area contributed by atoms with Crippen molar-refractivity contribution in [2.24, 2.45) is 0 Å². The van der Waals surface area contributed by atoms with E-state index in [1.165, 1.54) is 39.2 Å². The topological polar surface area (TPSA) is 15.7 Å². The minimum atomic E-state index is 0.0981. The molecule has 0 aliphatic carbocycles. The maximum absolute atomic E-state index is 6.64. The molecule has 200 valence electrons. The van der Waals surface area contributed by atoms with Gasteiger partial charge in [0.15, 0.2) is 0 Å². The summed E-state index contributed by atoms with van der Waals surface area (Å²) in [4.78, 5) is 4.83. The Morgan fingerprint density at radius 3 is 1.68 bits per heavy atom. The summed E-state index contributed by atoms with van der Waals surface area (Å²) in [6.07, 6.45) is 0. The Labute approximate surface area is 238 Å². The fraction of sp³-hybridized carbons (Fsp3) is 0.189. The molecule has 5 aromatic rings. The van der Waals surface area contributed by atoms with Crippen LogP contribution in [0.3, 0.4) is 0 Å². The monoisotopic (exact) mass is 524 g/mol. The zero-order chi connectivity index (χ0) is 27.3. The molecular weight excluding hydrogens is 488 g/mol. The van der Waals surface area contributed by atoms with Crippen molar-refractivity contribution in [3.63, 3.8) is 0 Å². The van der Waals surface area contributed by atoms with Gasteiger partial charge in [-0.25, -0.2) is 0 Å². The van der Waals surface area contributed by atoms with Crippen molar-refractivity contribution in [2.45, 2.75) is 32.9 Å². The molecule has 1 heterocycles. The Hall–Kier alpha value is -4.50. The van der Waals surface area contributed by atoms with Crippen molar-refractivity contribution in [1.29, 1.82) is 0 Å². The molecule has 40 heavy (non-hydrogen) atoms. The molecule has 1 aliphatic rings. The van der Waals surface area contributed by atoms with Gasteiger partial charge in [-0.3, -0.25) is 0 Å². The molecular formula is C37H36N2O. The highest BCUT2D eigenvalue weighted by Gasteiger charge is 2.30. The van der Waals surface area contributed by atoms with Crippen LogP contribution in [0.25, 0.3) is 0 Å². The van der Waals surface area contributed by atoms with Crippen molar-refractivity contribution >= 4 is 11.4 Å². The number of fused-ring (bicyclic) bond motifs is 2. The van der Waals surface area contributed by atoms with Crippen molar-refractivity contribution < 1.29 is 4.74 Å². The van der Waals surface area contributed by atoms with Crippen molar-refractivity contribution in [1.82, 2.24) is 0 Å². The van der Waals surface area contributed by atoms with E-state index in [1.54, 1.807) is 0 Å². The molecule has 0 aromatic heterocycles. The lowest BCUT2D eigenvalue weighted by Gasteiger charge is -2.32. The minimum Gasteiger partial charge on any atom is -0.457 e. The Morgan fingerprint density at radius 2 is 1.07 bits per heavy atom. The minimum absolute atomic E-state index is 0.0981. The number of ether oxygens (including phenoxy) is 1. The second-order valence-electron chi connectivity index (χ2n) is 10.4. The predicted octanol–water partition coefficient (Wildman–Crippen LogP) is 9.03. The van der Waals surface area contributed by atoms with Gasteiger partial charge in [0, 0.05) is 60.7 Å². The van der Waals surface area contributed by atoms with Gasteiger partial charge in [-0.1, -0.05) is 97.1 Å². The van der Waals surface area contributed by atoms with Crippen LogP contribution in [0.4, 0.5) is 11.4 Å². The first-order valence-corrected chi connectivity index (χ1v) is 14.3. The molecule has 3 nitrogen and oxygen atoms in total. The van der Waals surface area contributed by atoms with E-state index in [9.17, 15) is 0 Å². The van der Waals surface area contributed by atoms with Crippen molar-refractivity contribution in [2.75, 3.05) is 22.9 Å². The molecule has 0 saturated heterocycles. The molecule has 0 radical (unpaired) electrons. The summed E-state index contributed by atoms with van der Waals surface area (Å²) in [6, 6.07) is 45.7. The van der Waals surface area contributed by atoms with E-state index < -0.39 is 0 Å². The van der Waals surface area contributed by atoms with Crippen LogP contribution in [-0.2, 0) is 13.1 Å². The quantitative estimate of drug-likeness (QED) is 0.188. The lowest BCUT2D eigenvalue weighted by atomic mass is 9.82. The van der Waals surface area contributed by atoms with E-state index in [0.717, 1.165) is 37.7 Å². The van der Waals surface area contributed by atoms with Gasteiger partial charge in [-0.05, 0) is 54.8 Å². The normalized spacial score (nSPS) is 13.6. The molecule has 3 heteroatoms. The van der Waals surface area contributed by atoms with Gasteiger partial charge in [0.1, 0.15) is 11.5 Å². The van der Waals surface area contributed by atoms with Crippen LogP contribution in [0.5, 0.6) is 11.5 Å². The van der Waals surface area contributed by atoms with E-state index >= 15 is 0 Å². The first kappa shape index (κ1) is 25.8. The lowest BCUT2D eigenvalue weighted by Crippen LogP contribution is -2.23. The molecule has 0 saturated carbocycles. The highest BCUT2D eigenvalue weighted by Crippen LogP contribution is 2.49. The molecule has 6 rings (SSSR count). The van der Waals surface area contributed by atoms with Crippen LogP contribution in [0.1, 0.15) is 47.6 Å². The standard InChI is InChI=1S/C37H36N2O/c1-3-38(4-2)32-20-22-33-36(25-32)40-35-23-21-31(24-34(35)37(33)30-18-12-7-13-19-30)39(26-28-14-8-5-9-15-28)27-29-16-10-6-11-17-29/h5-25,37H,3-4,26-27H2,1-2H3. The third-order valence-electron chi connectivity index (χ3n) is 7.89. The van der Waals surface area contributed by atoms with Gasteiger partial charge in [-0.15, -0.1) is 0 Å². The molecule has 0 spiro atoms. The SMILES string of the molecule is CCN(CC)c1ccc2c(c1)Oc1ccc(N(Cc3ccccc3)Cc3ccccc3)cc1C2c1ccccc1. The fourth-order valence-electron chi connectivity index (χ4n) is 5.82. The van der Waals surface area contributed by atoms with Gasteiger partial charge >= 0.3 is 0 Å². The zero-order valence-corrected chi connectivity index (χ0v) is 23.3. The van der Waals surface area contributed by atoms with E-state index in [4.69, 9.17) is 4.74 Å². The summed E-state index contributed by atoms with van der Waals surface area (Å²) in [7, 11) is 0. The van der Waals surface area contributed by atoms with E-state index in [2.05, 4.69) is 151 Å². The van der Waals surface area contributed by atoms with E-state index in [1.807, 2.05) is 0 Å². The largest absolute Gasteiger partial charge is 0.457 e. The van der Waals surface area contributed by atoms with Crippen LogP contribution in [-0.4, -0.2) is 13.1 Å². The van der Waals surface area contributed by atoms with Gasteiger partial charge in [-0.2, -0.15) is 0 Å². The van der Waals surface area contributed by atoms with E-state index in [-0.39, 0.29) is 5.92 Å². The maximum atomic E-state index is 6.64. The van der Waals surface area contributed by atoms with Gasteiger partial charge in [0.05, 0.1) is 0 Å². The highest BCUT2D eigenvalue weighted by atomic mass is 16.5. The predicted molar refractivity (Wildman–Crippen MR) is 167 cm³/mol. The average molecular weight is 525 g/mol. The molecule has 0 amide bonds. The van der Waals surface area contributed by atoms with Crippen LogP contribution >= 0.6 is 0 Å². The number of hydrogen-bond donors (Lipinski definition) is 0. The molecule has 0 N–H and O–H groups in total. The first-order chi connectivity index (χ1) is 19.7. The van der Waals surface area contributed by atoms with Gasteiger partial charge < -0.3 is 14.5 Å². The average Bonchev–Trinajstić information content (AvgIpc) is 3.01. The number of anilines is 2. The first-order valence-electron chi connectivity index (χ1n) is 14.3. The summed E-state index contributed by atoms with van der Waals surface area (Å²) in [6.45, 7) is 7.99. The number of benzene rings is 5. The summed E-state index contributed by atoms with van der Waals surface area (Å²) < 4.78 is 6.64. The van der Waals surface area contributed by atoms with Crippen LogP contribution in [0.15, 0.2) is 127 Å². The van der Waals surface area contributed by atoms with Crippen molar-refractivity contribution in [3.05, 3.63) is 155 Å². The third-order valence-corrected chi connectivity index (χ3v) is 7.89. The number of hydrogen-bond acceptors (Lipinski definition) is 3. The lowest BCUT2D eigenvalue weighted by molar-refractivity contribution is 0.453. The highest BCUT2D eigenvalue weighted by molar-refractivity contribution is 5.66. The van der Waals surface area contributed by atoms with Crippen LogP contribution in [0, 0.1) is 0 Å². The Morgan fingerprint density at radius 1 is 0.525 bits per heavy atom. The molecule has 1 unspecified atom stereocenters. The second kappa shape index (κ2) is 11.7. The van der Waals surface area contributed by atoms with Gasteiger partial charge in [0.2, 0.25) is 0 Å². The van der Waals surface area contributed by atoms with E-state index in [0.29, 0.717) is 0 Å². The zero-order valence-electron chi connectivity index (χ0n) is 23.3. The molecule has 0 fully saturated rings. The number of rotatable bonds is 9. The summed E-state index contributed by atoms with van der Waals surface area (Å²) >= 11 is 0. The smallest absolute Gasteiger partial charge is 0.133 e. The van der Waals surface area contributed by atoms with Crippen LogP contribution in [0.2, 0.25) is 0 Å². The Kier molecular flexibility index (Phi) is 7.54. The summed E-state index contributed by atoms with van der Waals surface area (Å²) in [5.41, 5.74) is 8.68. The maximum Gasteiger partial charge on any atom is 0.133 e. The number of nitrogens with zero attached hydrogens (tertiary/aromatic N) is 2. The Balaban J connectivity index is 1.43. The Bertz CT molecular complexity index is 1500. The summed E-state index contributed by atoms with van der Waals surface area (Å²) in [5, 5.41) is 0. The van der Waals surface area contributed by atoms with Gasteiger partial charge in [0.25, 0.3) is 0 Å². The second-order valence-corrected chi connectivity index (χ2v) is 10.4. The fourth-order valence-corrected chi connectivity index (χ4v) is 5.82. The van der Waals surface area contributed by atoms with Crippen LogP contribution < -0.4 is 14.5 Å². The van der Waals surface area contributed by atoms with Crippen molar-refractivity contribution in [3.8, 4) is 11.5 Å². The molecule has 1 aliphatic heterocycles. The third kappa shape index (κ3) is 5.33. The molecule has 1 atom stereocenters. The summed E-state index contributed by atoms with van der Waals surface area (Å²) in [5.74, 6) is 1.98. The molecule has 0 bridgehead atoms. The molecule has 5 aromatic carbocycles.